The summed E-state index contributed by atoms with van der Waals surface area (Å²) in [5, 5.41) is 8.64. The number of pyridine rings is 1. The lowest BCUT2D eigenvalue weighted by Crippen LogP contribution is -2.44. The number of amides is 1. The van der Waals surface area contributed by atoms with Crippen LogP contribution < -0.4 is 9.80 Å². The number of nitrogens with zero attached hydrogens (tertiary/aromatic N) is 5. The van der Waals surface area contributed by atoms with Crippen LogP contribution in [0.4, 0.5) is 11.5 Å². The van der Waals surface area contributed by atoms with Gasteiger partial charge in [0, 0.05) is 56.1 Å². The number of benzene rings is 2. The second-order valence-corrected chi connectivity index (χ2v) is 9.78. The first-order valence-electron chi connectivity index (χ1n) is 12.3. The molecule has 1 amide bonds. The minimum atomic E-state index is -0.106. The molecule has 4 aromatic rings. The number of aromatic amines is 1. The third kappa shape index (κ3) is 3.76. The standard InChI is InChI=1S/C17H19N5.C11H11NO/c1-21-8-10-22(11-9-21)16-7-6-13(12-18-16)17-14-4-2-3-5-15(14)19-20-17;1-12-9-5-3-2-4-8(9)11(6-7-11)10(12)13/h2-7,12H,8-11H2,1H3,(H,19,20);2-5H,6-7H2,1H3. The van der Waals surface area contributed by atoms with Crippen LogP contribution >= 0.6 is 0 Å². The Kier molecular flexibility index (Phi) is 5.29. The highest BCUT2D eigenvalue weighted by Crippen LogP contribution is 2.56. The van der Waals surface area contributed by atoms with Crippen molar-refractivity contribution in [3.05, 3.63) is 72.4 Å². The summed E-state index contributed by atoms with van der Waals surface area (Å²) < 4.78 is 0. The van der Waals surface area contributed by atoms with Gasteiger partial charge in [0.25, 0.3) is 0 Å². The van der Waals surface area contributed by atoms with E-state index in [1.165, 1.54) is 5.56 Å². The van der Waals surface area contributed by atoms with Gasteiger partial charge in [-0.1, -0.05) is 36.4 Å². The van der Waals surface area contributed by atoms with E-state index in [4.69, 9.17) is 0 Å². The van der Waals surface area contributed by atoms with Crippen molar-refractivity contribution in [2.24, 2.45) is 0 Å². The summed E-state index contributed by atoms with van der Waals surface area (Å²) in [4.78, 5) is 23.0. The number of nitrogens with one attached hydrogen (secondary N) is 1. The molecule has 1 aliphatic carbocycles. The normalized spacial score (nSPS) is 18.5. The Morgan fingerprint density at radius 2 is 1.63 bits per heavy atom. The molecule has 7 nitrogen and oxygen atoms in total. The van der Waals surface area contributed by atoms with Crippen molar-refractivity contribution in [2.75, 3.05) is 50.1 Å². The summed E-state index contributed by atoms with van der Waals surface area (Å²) in [7, 11) is 4.03. The highest BCUT2D eigenvalue weighted by Gasteiger charge is 2.58. The molecule has 1 saturated carbocycles. The number of aromatic nitrogens is 3. The number of likely N-dealkylation sites (N-methyl/N-ethyl adjacent to an activating group) is 2. The van der Waals surface area contributed by atoms with Gasteiger partial charge in [0.2, 0.25) is 5.91 Å². The number of fused-ring (bicyclic) bond motifs is 3. The Bertz CT molecular complexity index is 1370. The average molecular weight is 467 g/mol. The molecular weight excluding hydrogens is 436 g/mol. The van der Waals surface area contributed by atoms with Gasteiger partial charge in [-0.25, -0.2) is 4.98 Å². The number of hydrogen-bond donors (Lipinski definition) is 1. The van der Waals surface area contributed by atoms with Crippen LogP contribution in [0.5, 0.6) is 0 Å². The van der Waals surface area contributed by atoms with Gasteiger partial charge < -0.3 is 14.7 Å². The third-order valence-corrected chi connectivity index (χ3v) is 7.56. The SMILES string of the molecule is CN1C(=O)C2(CC2)c2ccccc21.CN1CCN(c2ccc(-c3n[nH]c4ccccc34)cn2)CC1. The van der Waals surface area contributed by atoms with E-state index in [9.17, 15) is 4.79 Å². The topological polar surface area (TPSA) is 68.4 Å². The van der Waals surface area contributed by atoms with Crippen molar-refractivity contribution in [1.29, 1.82) is 0 Å². The van der Waals surface area contributed by atoms with Gasteiger partial charge in [-0.3, -0.25) is 9.89 Å². The van der Waals surface area contributed by atoms with Crippen molar-refractivity contribution in [3.63, 3.8) is 0 Å². The van der Waals surface area contributed by atoms with Crippen LogP contribution in [-0.2, 0) is 10.2 Å². The van der Waals surface area contributed by atoms with Gasteiger partial charge >= 0.3 is 0 Å². The molecular formula is C28H30N6O. The van der Waals surface area contributed by atoms with Gasteiger partial charge in [-0.2, -0.15) is 5.10 Å². The van der Waals surface area contributed by atoms with E-state index in [-0.39, 0.29) is 11.3 Å². The molecule has 0 atom stereocenters. The molecule has 4 heterocycles. The number of H-pyrrole nitrogens is 1. The summed E-state index contributed by atoms with van der Waals surface area (Å²) >= 11 is 0. The van der Waals surface area contributed by atoms with Gasteiger partial charge in [-0.05, 0) is 49.7 Å². The van der Waals surface area contributed by atoms with E-state index in [1.807, 2.05) is 49.6 Å². The maximum Gasteiger partial charge on any atom is 0.237 e. The monoisotopic (exact) mass is 466 g/mol. The molecule has 7 rings (SSSR count). The van der Waals surface area contributed by atoms with Crippen molar-refractivity contribution in [2.45, 2.75) is 18.3 Å². The number of carbonyl (C=O) groups excluding carboxylic acids is 1. The fraction of sp³-hybridized carbons (Fsp3) is 0.321. The summed E-state index contributed by atoms with van der Waals surface area (Å²) in [6, 6.07) is 20.5. The molecule has 35 heavy (non-hydrogen) atoms. The molecule has 1 spiro atoms. The molecule has 1 saturated heterocycles. The number of hydrogen-bond acceptors (Lipinski definition) is 5. The molecule has 178 valence electrons. The number of carbonyl (C=O) groups is 1. The van der Waals surface area contributed by atoms with E-state index in [1.54, 1.807) is 4.90 Å². The maximum atomic E-state index is 11.9. The number of anilines is 2. The quantitative estimate of drug-likeness (QED) is 0.482. The van der Waals surface area contributed by atoms with E-state index in [0.29, 0.717) is 0 Å². The van der Waals surface area contributed by atoms with Gasteiger partial charge in [-0.15, -0.1) is 0 Å². The predicted molar refractivity (Wildman–Crippen MR) is 140 cm³/mol. The highest BCUT2D eigenvalue weighted by atomic mass is 16.2. The van der Waals surface area contributed by atoms with Gasteiger partial charge in [0.05, 0.1) is 10.9 Å². The molecule has 7 heteroatoms. The van der Waals surface area contributed by atoms with Crippen LogP contribution in [0.3, 0.4) is 0 Å². The van der Waals surface area contributed by atoms with Crippen LogP contribution in [0.1, 0.15) is 18.4 Å². The van der Waals surface area contributed by atoms with Gasteiger partial charge in [0.1, 0.15) is 11.5 Å². The molecule has 2 fully saturated rings. The van der Waals surface area contributed by atoms with Crippen molar-refractivity contribution in [3.8, 4) is 11.3 Å². The number of rotatable bonds is 2. The zero-order valence-corrected chi connectivity index (χ0v) is 20.2. The Hall–Kier alpha value is -3.71. The zero-order chi connectivity index (χ0) is 24.0. The van der Waals surface area contributed by atoms with Crippen LogP contribution in [0.15, 0.2) is 66.9 Å². The Morgan fingerprint density at radius 1 is 0.886 bits per heavy atom. The zero-order valence-electron chi connectivity index (χ0n) is 20.2. The van der Waals surface area contributed by atoms with E-state index in [0.717, 1.165) is 72.7 Å². The molecule has 1 N–H and O–H groups in total. The third-order valence-electron chi connectivity index (χ3n) is 7.56. The van der Waals surface area contributed by atoms with E-state index < -0.39 is 0 Å². The number of para-hydroxylation sites is 2. The Labute approximate surface area is 205 Å². The molecule has 3 aliphatic rings. The fourth-order valence-corrected chi connectivity index (χ4v) is 5.26. The van der Waals surface area contributed by atoms with Crippen LogP contribution in [0.2, 0.25) is 0 Å². The molecule has 0 bridgehead atoms. The van der Waals surface area contributed by atoms with Gasteiger partial charge in [0.15, 0.2) is 0 Å². The van der Waals surface area contributed by atoms with Crippen molar-refractivity contribution in [1.82, 2.24) is 20.1 Å². The number of piperazine rings is 1. The maximum absolute atomic E-state index is 11.9. The minimum absolute atomic E-state index is 0.106. The average Bonchev–Trinajstić information content (AvgIpc) is 3.56. The Morgan fingerprint density at radius 3 is 2.37 bits per heavy atom. The summed E-state index contributed by atoms with van der Waals surface area (Å²) in [5.41, 5.74) is 5.31. The largest absolute Gasteiger partial charge is 0.354 e. The lowest BCUT2D eigenvalue weighted by molar-refractivity contribution is -0.119. The van der Waals surface area contributed by atoms with Crippen LogP contribution in [0.25, 0.3) is 22.2 Å². The van der Waals surface area contributed by atoms with Crippen molar-refractivity contribution < 1.29 is 4.79 Å². The lowest BCUT2D eigenvalue weighted by Gasteiger charge is -2.33. The smallest absolute Gasteiger partial charge is 0.237 e. The molecule has 2 aromatic heterocycles. The summed E-state index contributed by atoms with van der Waals surface area (Å²) in [6.07, 6.45) is 4.00. The lowest BCUT2D eigenvalue weighted by atomic mass is 9.98. The fourth-order valence-electron chi connectivity index (χ4n) is 5.26. The predicted octanol–water partition coefficient (Wildman–Crippen LogP) is 4.07. The molecule has 2 aromatic carbocycles. The van der Waals surface area contributed by atoms with Crippen LogP contribution in [0, 0.1) is 0 Å². The second kappa shape index (κ2) is 8.50. The first kappa shape index (κ1) is 21.8. The van der Waals surface area contributed by atoms with Crippen molar-refractivity contribution >= 4 is 28.3 Å². The molecule has 2 aliphatic heterocycles. The second-order valence-electron chi connectivity index (χ2n) is 9.78. The highest BCUT2D eigenvalue weighted by molar-refractivity contribution is 6.09. The first-order valence-corrected chi connectivity index (χ1v) is 12.3. The van der Waals surface area contributed by atoms with Crippen LogP contribution in [-0.4, -0.2) is 66.3 Å². The van der Waals surface area contributed by atoms with E-state index >= 15 is 0 Å². The first-order chi connectivity index (χ1) is 17.1. The Balaban J connectivity index is 0.000000149. The minimum Gasteiger partial charge on any atom is -0.354 e. The molecule has 0 unspecified atom stereocenters. The summed E-state index contributed by atoms with van der Waals surface area (Å²) in [5.74, 6) is 1.34. The van der Waals surface area contributed by atoms with E-state index in [2.05, 4.69) is 56.3 Å². The molecule has 0 radical (unpaired) electrons. The summed E-state index contributed by atoms with van der Waals surface area (Å²) in [6.45, 7) is 4.25.